The molecule has 1 saturated heterocycles. The molecule has 1 aliphatic carbocycles. The summed E-state index contributed by atoms with van der Waals surface area (Å²) in [5, 5.41) is 8.11. The SMILES string of the molecule is C1CC1.COc1cccc2sc(C(C)NC(=O)Nc3ccc4c(c3F)CN(C3CCC(=O)NC3=O)C4=O)nc12. The molecule has 6 rings (SSSR count). The van der Waals surface area contributed by atoms with E-state index < -0.39 is 41.7 Å². The number of anilines is 1. The van der Waals surface area contributed by atoms with Crippen molar-refractivity contribution in [2.24, 2.45) is 0 Å². The van der Waals surface area contributed by atoms with E-state index in [9.17, 15) is 19.2 Å². The Labute approximate surface area is 227 Å². The highest BCUT2D eigenvalue weighted by molar-refractivity contribution is 7.18. The van der Waals surface area contributed by atoms with Crippen LogP contribution in [0.4, 0.5) is 14.9 Å². The van der Waals surface area contributed by atoms with Gasteiger partial charge in [0.05, 0.1) is 30.1 Å². The summed E-state index contributed by atoms with van der Waals surface area (Å²) in [5.74, 6) is -1.58. The number of imide groups is 1. The molecule has 3 aromatic rings. The lowest BCUT2D eigenvalue weighted by atomic mass is 10.0. The van der Waals surface area contributed by atoms with Crippen molar-refractivity contribution in [2.75, 3.05) is 12.4 Å². The number of benzene rings is 2. The molecule has 0 bridgehead atoms. The van der Waals surface area contributed by atoms with Crippen molar-refractivity contribution in [3.05, 3.63) is 52.3 Å². The fourth-order valence-electron chi connectivity index (χ4n) is 4.41. The lowest BCUT2D eigenvalue weighted by Crippen LogP contribution is -2.52. The predicted octanol–water partition coefficient (Wildman–Crippen LogP) is 4.26. The monoisotopic (exact) mass is 553 g/mol. The summed E-state index contributed by atoms with van der Waals surface area (Å²) in [6, 6.07) is 6.35. The van der Waals surface area contributed by atoms with Gasteiger partial charge < -0.3 is 20.3 Å². The number of thiazole rings is 1. The molecular formula is C27H28FN5O5S. The third kappa shape index (κ3) is 5.56. The molecule has 2 aliphatic heterocycles. The van der Waals surface area contributed by atoms with Crippen LogP contribution >= 0.6 is 11.3 Å². The number of carbonyl (C=O) groups excluding carboxylic acids is 4. The number of ether oxygens (including phenoxy) is 1. The van der Waals surface area contributed by atoms with Gasteiger partial charge in [-0.15, -0.1) is 11.3 Å². The van der Waals surface area contributed by atoms with Crippen molar-refractivity contribution in [1.29, 1.82) is 0 Å². The molecule has 204 valence electrons. The Balaban J connectivity index is 0.000000962. The third-order valence-electron chi connectivity index (χ3n) is 6.59. The van der Waals surface area contributed by atoms with E-state index in [1.165, 1.54) is 47.6 Å². The number of nitrogens with zero attached hydrogens (tertiary/aromatic N) is 2. The maximum absolute atomic E-state index is 15.3. The number of methoxy groups -OCH3 is 1. The second-order valence-electron chi connectivity index (χ2n) is 9.59. The zero-order valence-corrected chi connectivity index (χ0v) is 22.3. The van der Waals surface area contributed by atoms with Crippen LogP contribution in [-0.2, 0) is 16.1 Å². The van der Waals surface area contributed by atoms with E-state index in [1.54, 1.807) is 20.1 Å². The quantitative estimate of drug-likeness (QED) is 0.405. The molecule has 5 amide bonds. The molecule has 2 unspecified atom stereocenters. The maximum atomic E-state index is 15.3. The predicted molar refractivity (Wildman–Crippen MR) is 143 cm³/mol. The molecular weight excluding hydrogens is 525 g/mol. The summed E-state index contributed by atoms with van der Waals surface area (Å²) in [6.07, 6.45) is 4.78. The maximum Gasteiger partial charge on any atom is 0.319 e. The summed E-state index contributed by atoms with van der Waals surface area (Å²) >= 11 is 1.41. The van der Waals surface area contributed by atoms with E-state index in [4.69, 9.17) is 4.74 Å². The van der Waals surface area contributed by atoms with Gasteiger partial charge in [-0.1, -0.05) is 25.3 Å². The number of halogens is 1. The molecule has 2 aromatic carbocycles. The molecule has 3 heterocycles. The fourth-order valence-corrected chi connectivity index (χ4v) is 5.40. The number of carbonyl (C=O) groups is 4. The molecule has 1 aromatic heterocycles. The van der Waals surface area contributed by atoms with Gasteiger partial charge in [-0.2, -0.15) is 0 Å². The Kier molecular flexibility index (Phi) is 7.47. The van der Waals surface area contributed by atoms with E-state index in [1.807, 2.05) is 12.1 Å². The first kappa shape index (κ1) is 26.5. The average molecular weight is 554 g/mol. The highest BCUT2D eigenvalue weighted by atomic mass is 32.1. The van der Waals surface area contributed by atoms with Crippen LogP contribution in [0.1, 0.15) is 66.0 Å². The van der Waals surface area contributed by atoms with Crippen LogP contribution in [0.2, 0.25) is 0 Å². The number of piperidine rings is 1. The molecule has 1 saturated carbocycles. The first-order valence-electron chi connectivity index (χ1n) is 12.7. The van der Waals surface area contributed by atoms with Crippen molar-refractivity contribution in [3.63, 3.8) is 0 Å². The molecule has 3 aliphatic rings. The number of rotatable bonds is 5. The van der Waals surface area contributed by atoms with E-state index in [0.29, 0.717) is 16.3 Å². The lowest BCUT2D eigenvalue weighted by molar-refractivity contribution is -0.136. The normalized spacial score (nSPS) is 18.6. The summed E-state index contributed by atoms with van der Waals surface area (Å²) in [4.78, 5) is 54.9. The van der Waals surface area contributed by atoms with Gasteiger partial charge in [0.15, 0.2) is 5.82 Å². The molecule has 39 heavy (non-hydrogen) atoms. The molecule has 0 radical (unpaired) electrons. The number of fused-ring (bicyclic) bond motifs is 2. The third-order valence-corrected chi connectivity index (χ3v) is 7.79. The van der Waals surface area contributed by atoms with Crippen molar-refractivity contribution in [1.82, 2.24) is 20.5 Å². The van der Waals surface area contributed by atoms with Gasteiger partial charge in [-0.25, -0.2) is 14.2 Å². The Morgan fingerprint density at radius 3 is 2.67 bits per heavy atom. The minimum atomic E-state index is -0.852. The second kappa shape index (κ2) is 11.0. The lowest BCUT2D eigenvalue weighted by Gasteiger charge is -2.29. The van der Waals surface area contributed by atoms with Crippen LogP contribution in [0, 0.1) is 5.82 Å². The minimum absolute atomic E-state index is 0.0915. The minimum Gasteiger partial charge on any atom is -0.494 e. The molecule has 12 heteroatoms. The van der Waals surface area contributed by atoms with E-state index >= 15 is 4.39 Å². The Morgan fingerprint density at radius 1 is 1.21 bits per heavy atom. The van der Waals surface area contributed by atoms with Crippen LogP contribution in [0.25, 0.3) is 10.2 Å². The standard InChI is InChI=1S/C24H22FN5O5S.C3H6/c1-11(22-29-20-16(35-2)4-3-5-17(20)36-22)26-24(34)27-14-7-6-12-13(19(14)25)10-30(23(12)33)15-8-9-18(31)28-21(15)32;1-2-3-1/h3-7,11,15H,8-10H2,1-2H3,(H2,26,27,34)(H,28,31,32);1-3H2. The zero-order chi connectivity index (χ0) is 27.7. The Morgan fingerprint density at radius 2 is 1.97 bits per heavy atom. The number of amides is 5. The summed E-state index contributed by atoms with van der Waals surface area (Å²) in [6.45, 7) is 1.63. The number of urea groups is 1. The van der Waals surface area contributed by atoms with Crippen LogP contribution in [-0.4, -0.2) is 46.8 Å². The smallest absolute Gasteiger partial charge is 0.319 e. The van der Waals surface area contributed by atoms with Crippen LogP contribution in [0.5, 0.6) is 5.75 Å². The number of hydrogen-bond acceptors (Lipinski definition) is 7. The average Bonchev–Trinajstić information content (AvgIpc) is 3.67. The first-order valence-corrected chi connectivity index (χ1v) is 13.6. The molecule has 2 fully saturated rings. The van der Waals surface area contributed by atoms with Crippen molar-refractivity contribution >= 4 is 51.0 Å². The summed E-state index contributed by atoms with van der Waals surface area (Å²) in [7, 11) is 1.56. The Hall–Kier alpha value is -4.06. The van der Waals surface area contributed by atoms with Crippen molar-refractivity contribution in [2.45, 2.75) is 57.7 Å². The number of para-hydroxylation sites is 1. The van der Waals surface area contributed by atoms with Gasteiger partial charge in [-0.3, -0.25) is 19.7 Å². The van der Waals surface area contributed by atoms with E-state index in [0.717, 1.165) is 4.70 Å². The van der Waals surface area contributed by atoms with Gasteiger partial charge in [0, 0.05) is 17.5 Å². The highest BCUT2D eigenvalue weighted by Gasteiger charge is 2.40. The summed E-state index contributed by atoms with van der Waals surface area (Å²) < 4.78 is 21.5. The fraction of sp³-hybridized carbons (Fsp3) is 0.370. The van der Waals surface area contributed by atoms with Gasteiger partial charge in [-0.05, 0) is 37.6 Å². The summed E-state index contributed by atoms with van der Waals surface area (Å²) in [5.41, 5.74) is 0.820. The Bertz CT molecular complexity index is 1470. The topological polar surface area (TPSA) is 130 Å². The van der Waals surface area contributed by atoms with Crippen molar-refractivity contribution in [3.8, 4) is 5.75 Å². The van der Waals surface area contributed by atoms with Crippen molar-refractivity contribution < 1.29 is 28.3 Å². The molecule has 10 nitrogen and oxygen atoms in total. The van der Waals surface area contributed by atoms with Crippen LogP contribution in [0.15, 0.2) is 30.3 Å². The van der Waals surface area contributed by atoms with Gasteiger partial charge in [0.25, 0.3) is 5.91 Å². The van der Waals surface area contributed by atoms with Gasteiger partial charge in [0.2, 0.25) is 11.8 Å². The largest absolute Gasteiger partial charge is 0.494 e. The van der Waals surface area contributed by atoms with E-state index in [2.05, 4.69) is 20.9 Å². The highest BCUT2D eigenvalue weighted by Crippen LogP contribution is 2.34. The van der Waals surface area contributed by atoms with Gasteiger partial charge in [0.1, 0.15) is 22.3 Å². The number of hydrogen-bond donors (Lipinski definition) is 3. The van der Waals surface area contributed by atoms with Crippen LogP contribution in [0.3, 0.4) is 0 Å². The number of aromatic nitrogens is 1. The molecule has 0 spiro atoms. The van der Waals surface area contributed by atoms with E-state index in [-0.39, 0.29) is 36.2 Å². The number of nitrogens with one attached hydrogen (secondary N) is 3. The van der Waals surface area contributed by atoms with Crippen LogP contribution < -0.4 is 20.7 Å². The molecule has 2 atom stereocenters. The second-order valence-corrected chi connectivity index (χ2v) is 10.7. The molecule has 3 N–H and O–H groups in total. The van der Waals surface area contributed by atoms with Gasteiger partial charge >= 0.3 is 6.03 Å². The zero-order valence-electron chi connectivity index (χ0n) is 21.5. The first-order chi connectivity index (χ1) is 18.8.